The van der Waals surface area contributed by atoms with Crippen LogP contribution in [0.5, 0.6) is 0 Å². The second kappa shape index (κ2) is 4.76. The van der Waals surface area contributed by atoms with Crippen LogP contribution in [0.25, 0.3) is 43.4 Å². The van der Waals surface area contributed by atoms with Crippen molar-refractivity contribution in [1.29, 1.82) is 0 Å². The summed E-state index contributed by atoms with van der Waals surface area (Å²) < 4.78 is 0. The van der Waals surface area contributed by atoms with Crippen LogP contribution in [0, 0.1) is 0 Å². The van der Waals surface area contributed by atoms with Crippen LogP contribution in [-0.4, -0.2) is 14.1 Å². The van der Waals surface area contributed by atoms with E-state index >= 15 is 0 Å². The molecule has 0 heterocycles. The normalized spacial score (nSPS) is 12.8. The Morgan fingerprint density at radius 1 is 0.615 bits per heavy atom. The number of nitrogens with zero attached hydrogens (tertiary/aromatic N) is 1. The van der Waals surface area contributed by atoms with Crippen LogP contribution in [-0.2, 0) is 6.42 Å². The second-order valence-corrected chi connectivity index (χ2v) is 7.68. The minimum absolute atomic E-state index is 1.02. The maximum atomic E-state index is 2.41. The molecule has 6 rings (SSSR count). The maximum absolute atomic E-state index is 2.41. The first-order valence-electron chi connectivity index (χ1n) is 9.21. The van der Waals surface area contributed by atoms with Crippen molar-refractivity contribution in [3.63, 3.8) is 0 Å². The molecule has 1 aliphatic carbocycles. The van der Waals surface area contributed by atoms with Gasteiger partial charge in [-0.3, -0.25) is 0 Å². The highest BCUT2D eigenvalue weighted by atomic mass is 15.1. The summed E-state index contributed by atoms with van der Waals surface area (Å²) in [4.78, 5) is 2.19. The molecule has 1 nitrogen and oxygen atoms in total. The third-order valence-electron chi connectivity index (χ3n) is 6.00. The molecule has 5 aromatic rings. The van der Waals surface area contributed by atoms with E-state index in [0.717, 1.165) is 6.42 Å². The lowest BCUT2D eigenvalue weighted by molar-refractivity contribution is 1.12. The van der Waals surface area contributed by atoms with E-state index in [2.05, 4.69) is 85.7 Å². The third kappa shape index (κ3) is 1.70. The van der Waals surface area contributed by atoms with Crippen molar-refractivity contribution in [3.8, 4) is 11.1 Å². The maximum Gasteiger partial charge on any atom is 0.0367 e. The summed E-state index contributed by atoms with van der Waals surface area (Å²) in [6.45, 7) is 0. The van der Waals surface area contributed by atoms with Gasteiger partial charge in [-0.25, -0.2) is 0 Å². The molecule has 0 aliphatic heterocycles. The van der Waals surface area contributed by atoms with Gasteiger partial charge in [-0.2, -0.15) is 0 Å². The highest BCUT2D eigenvalue weighted by Crippen LogP contribution is 2.46. The Morgan fingerprint density at radius 2 is 1.35 bits per heavy atom. The lowest BCUT2D eigenvalue weighted by Crippen LogP contribution is -2.10. The Labute approximate surface area is 152 Å². The average molecular weight is 333 g/mol. The van der Waals surface area contributed by atoms with Crippen molar-refractivity contribution >= 4 is 38.0 Å². The molecule has 5 aromatic carbocycles. The molecule has 26 heavy (non-hydrogen) atoms. The van der Waals surface area contributed by atoms with Crippen LogP contribution in [0.1, 0.15) is 11.1 Å². The van der Waals surface area contributed by atoms with Crippen LogP contribution in [0.15, 0.2) is 66.7 Å². The minimum Gasteiger partial charge on any atom is -0.378 e. The van der Waals surface area contributed by atoms with Crippen LogP contribution in [0.3, 0.4) is 0 Å². The first kappa shape index (κ1) is 14.1. The van der Waals surface area contributed by atoms with Gasteiger partial charge in [-0.1, -0.05) is 48.5 Å². The van der Waals surface area contributed by atoms with Gasteiger partial charge in [0.2, 0.25) is 0 Å². The summed E-state index contributed by atoms with van der Waals surface area (Å²) >= 11 is 0. The number of hydrogen-bond donors (Lipinski definition) is 0. The Kier molecular flexibility index (Phi) is 2.59. The first-order valence-corrected chi connectivity index (χ1v) is 9.21. The quantitative estimate of drug-likeness (QED) is 0.323. The molecule has 0 aromatic heterocycles. The lowest BCUT2D eigenvalue weighted by Gasteiger charge is -2.25. The fraction of sp³-hybridized carbons (Fsp3) is 0.120. The van der Waals surface area contributed by atoms with E-state index < -0.39 is 0 Å². The van der Waals surface area contributed by atoms with Crippen LogP contribution < -0.4 is 4.90 Å². The second-order valence-electron chi connectivity index (χ2n) is 7.68. The van der Waals surface area contributed by atoms with Crippen molar-refractivity contribution < 1.29 is 0 Å². The highest BCUT2D eigenvalue weighted by molar-refractivity contribution is 6.27. The van der Waals surface area contributed by atoms with Crippen LogP contribution >= 0.6 is 0 Å². The third-order valence-corrected chi connectivity index (χ3v) is 6.00. The predicted molar refractivity (Wildman–Crippen MR) is 113 cm³/mol. The zero-order chi connectivity index (χ0) is 17.4. The first-order chi connectivity index (χ1) is 12.7. The molecule has 1 aliphatic rings. The minimum atomic E-state index is 1.02. The van der Waals surface area contributed by atoms with Crippen molar-refractivity contribution in [1.82, 2.24) is 0 Å². The fourth-order valence-electron chi connectivity index (χ4n) is 4.73. The van der Waals surface area contributed by atoms with Gasteiger partial charge in [0.25, 0.3) is 0 Å². The number of anilines is 1. The van der Waals surface area contributed by atoms with Crippen molar-refractivity contribution in [2.75, 3.05) is 19.0 Å². The SMILES string of the molecule is CN(C)c1ccc2c(c1)-c1cc3cccc4ccc5ccc(c1c5c43)C2. The lowest BCUT2D eigenvalue weighted by atomic mass is 9.80. The molecule has 0 radical (unpaired) electrons. The average Bonchev–Trinajstić information content (AvgIpc) is 2.67. The van der Waals surface area contributed by atoms with E-state index in [9.17, 15) is 0 Å². The molecule has 0 fully saturated rings. The molecule has 0 atom stereocenters. The molecule has 0 saturated heterocycles. The Hall–Kier alpha value is -3.06. The Bertz CT molecular complexity index is 1330. The molecule has 0 saturated carbocycles. The van der Waals surface area contributed by atoms with Gasteiger partial charge in [0.1, 0.15) is 0 Å². The van der Waals surface area contributed by atoms with Crippen molar-refractivity contribution in [2.24, 2.45) is 0 Å². The fourth-order valence-corrected chi connectivity index (χ4v) is 4.73. The summed E-state index contributed by atoms with van der Waals surface area (Å²) in [5.41, 5.74) is 6.93. The molecular formula is C25H19N. The van der Waals surface area contributed by atoms with Gasteiger partial charge < -0.3 is 4.90 Å². The van der Waals surface area contributed by atoms with Crippen LogP contribution in [0.2, 0.25) is 0 Å². The number of benzene rings is 5. The van der Waals surface area contributed by atoms with Crippen molar-refractivity contribution in [3.05, 3.63) is 77.9 Å². The summed E-state index contributed by atoms with van der Waals surface area (Å²) in [6.07, 6.45) is 1.02. The summed E-state index contributed by atoms with van der Waals surface area (Å²) in [5, 5.41) is 8.34. The summed E-state index contributed by atoms with van der Waals surface area (Å²) in [7, 11) is 4.23. The monoisotopic (exact) mass is 333 g/mol. The standard InChI is InChI=1S/C25H19N/c1-26(2)20-11-10-17-12-19-9-8-16-7-6-15-4-3-5-18-13-22(21(17)14-20)24(19)25(16)23(15)18/h3-11,13-14H,12H2,1-2H3. The van der Waals surface area contributed by atoms with Crippen LogP contribution in [0.4, 0.5) is 5.69 Å². The van der Waals surface area contributed by atoms with Gasteiger partial charge in [0.15, 0.2) is 0 Å². The summed E-state index contributed by atoms with van der Waals surface area (Å²) in [5.74, 6) is 0. The predicted octanol–water partition coefficient (Wildman–Crippen LogP) is 6.22. The van der Waals surface area contributed by atoms with Gasteiger partial charge in [0.05, 0.1) is 0 Å². The van der Waals surface area contributed by atoms with E-state index in [-0.39, 0.29) is 0 Å². The zero-order valence-corrected chi connectivity index (χ0v) is 15.0. The van der Waals surface area contributed by atoms with E-state index in [0.29, 0.717) is 0 Å². The number of hydrogen-bond acceptors (Lipinski definition) is 1. The number of rotatable bonds is 1. The number of fused-ring (bicyclic) bond motifs is 2. The highest BCUT2D eigenvalue weighted by Gasteiger charge is 2.22. The molecule has 0 bridgehead atoms. The molecule has 1 heteroatoms. The molecule has 0 unspecified atom stereocenters. The van der Waals surface area contributed by atoms with E-state index in [1.165, 1.54) is 60.3 Å². The molecule has 0 spiro atoms. The molecule has 0 N–H and O–H groups in total. The topological polar surface area (TPSA) is 3.24 Å². The largest absolute Gasteiger partial charge is 0.378 e. The smallest absolute Gasteiger partial charge is 0.0367 e. The van der Waals surface area contributed by atoms with E-state index in [1.807, 2.05) is 0 Å². The van der Waals surface area contributed by atoms with Gasteiger partial charge in [-0.15, -0.1) is 0 Å². The Morgan fingerprint density at radius 3 is 2.19 bits per heavy atom. The van der Waals surface area contributed by atoms with E-state index in [4.69, 9.17) is 0 Å². The van der Waals surface area contributed by atoms with Crippen molar-refractivity contribution in [2.45, 2.75) is 6.42 Å². The molecular weight excluding hydrogens is 314 g/mol. The molecule has 0 amide bonds. The van der Waals surface area contributed by atoms with E-state index in [1.54, 1.807) is 0 Å². The van der Waals surface area contributed by atoms with Gasteiger partial charge in [-0.05, 0) is 79.2 Å². The van der Waals surface area contributed by atoms with Gasteiger partial charge >= 0.3 is 0 Å². The summed E-state index contributed by atoms with van der Waals surface area (Å²) in [6, 6.07) is 25.1. The zero-order valence-electron chi connectivity index (χ0n) is 15.0. The Balaban J connectivity index is 1.85. The molecule has 124 valence electrons. The van der Waals surface area contributed by atoms with Gasteiger partial charge in [0, 0.05) is 19.8 Å².